The van der Waals surface area contributed by atoms with Gasteiger partial charge >= 0.3 is 6.18 Å². The summed E-state index contributed by atoms with van der Waals surface area (Å²) in [5, 5.41) is 3.30. The first-order valence-electron chi connectivity index (χ1n) is 11.7. The third-order valence-electron chi connectivity index (χ3n) is 8.26. The molecule has 2 heterocycles. The lowest BCUT2D eigenvalue weighted by Gasteiger charge is -2.62. The van der Waals surface area contributed by atoms with Crippen molar-refractivity contribution >= 4 is 22.4 Å². The lowest BCUT2D eigenvalue weighted by atomic mass is 9.46. The predicted molar refractivity (Wildman–Crippen MR) is 119 cm³/mol. The lowest BCUT2D eigenvalue weighted by Crippen LogP contribution is -2.59. The van der Waals surface area contributed by atoms with Gasteiger partial charge in [0.25, 0.3) is 5.91 Å². The largest absolute Gasteiger partial charge is 0.434 e. The number of carbonyl (C=O) groups excluding carboxylic acids is 1. The molecule has 1 aromatic rings. The second-order valence-corrected chi connectivity index (χ2v) is 13.1. The molecule has 5 aliphatic rings. The average molecular weight is 489 g/mol. The first-order valence-corrected chi connectivity index (χ1v) is 13.6. The quantitative estimate of drug-likeness (QED) is 0.560. The molecule has 1 saturated heterocycles. The van der Waals surface area contributed by atoms with Crippen molar-refractivity contribution in [1.29, 1.82) is 0 Å². The second-order valence-electron chi connectivity index (χ2n) is 10.7. The fourth-order valence-electron chi connectivity index (χ4n) is 7.16. The van der Waals surface area contributed by atoms with Gasteiger partial charge < -0.3 is 10.2 Å². The number of halogens is 3. The summed E-state index contributed by atoms with van der Waals surface area (Å²) >= 11 is 0. The molecule has 2 unspecified atom stereocenters. The Balaban J connectivity index is 1.41. The van der Waals surface area contributed by atoms with Crippen molar-refractivity contribution in [3.05, 3.63) is 17.5 Å². The molecule has 5 fully saturated rings. The number of carbonyl (C=O) groups is 1. The van der Waals surface area contributed by atoms with Crippen LogP contribution < -0.4 is 5.32 Å². The standard InChI is InChI=1S/C22H31F3N4O3S/c1-2-20-8-14-7-15(9-20)11-21(10-14,13-20)28-19-26-12-16(17(27-19)22(23,24)25)18(30)29-3-5-33(31,32)6-4-29/h12,14-15,31-32H,2-11,13H2,1H3,(H,26,27,28). The van der Waals surface area contributed by atoms with Crippen LogP contribution in [-0.2, 0) is 6.18 Å². The van der Waals surface area contributed by atoms with Gasteiger partial charge in [-0.2, -0.15) is 23.8 Å². The second kappa shape index (κ2) is 7.71. The van der Waals surface area contributed by atoms with Crippen LogP contribution in [0.5, 0.6) is 0 Å². The van der Waals surface area contributed by atoms with E-state index in [-0.39, 0.29) is 41.5 Å². The van der Waals surface area contributed by atoms with Crippen molar-refractivity contribution in [3.8, 4) is 0 Å². The molecule has 3 N–H and O–H groups in total. The molecule has 4 saturated carbocycles. The van der Waals surface area contributed by atoms with Crippen molar-refractivity contribution in [2.24, 2.45) is 17.3 Å². The number of nitrogens with zero attached hydrogens (tertiary/aromatic N) is 3. The summed E-state index contributed by atoms with van der Waals surface area (Å²) < 4.78 is 61.3. The number of nitrogens with one attached hydrogen (secondary N) is 1. The van der Waals surface area contributed by atoms with Crippen molar-refractivity contribution in [2.75, 3.05) is 29.9 Å². The van der Waals surface area contributed by atoms with Gasteiger partial charge in [0, 0.05) is 24.8 Å². The van der Waals surface area contributed by atoms with Crippen LogP contribution in [0.3, 0.4) is 0 Å². The molecule has 7 nitrogen and oxygen atoms in total. The number of hydrogen-bond acceptors (Lipinski definition) is 6. The zero-order valence-corrected chi connectivity index (χ0v) is 19.5. The first-order chi connectivity index (χ1) is 15.4. The van der Waals surface area contributed by atoms with E-state index in [2.05, 4.69) is 22.2 Å². The van der Waals surface area contributed by atoms with Gasteiger partial charge in [0.2, 0.25) is 5.95 Å². The van der Waals surface area contributed by atoms with E-state index in [1.165, 1.54) is 24.2 Å². The van der Waals surface area contributed by atoms with Gasteiger partial charge in [0.05, 0.1) is 17.1 Å². The highest BCUT2D eigenvalue weighted by Crippen LogP contribution is 2.63. The van der Waals surface area contributed by atoms with Crippen molar-refractivity contribution in [1.82, 2.24) is 14.9 Å². The van der Waals surface area contributed by atoms with Gasteiger partial charge in [-0.15, -0.1) is 0 Å². The minimum atomic E-state index is -4.81. The molecule has 1 aromatic heterocycles. The van der Waals surface area contributed by atoms with Crippen molar-refractivity contribution in [2.45, 2.75) is 63.6 Å². The Labute approximate surface area is 192 Å². The van der Waals surface area contributed by atoms with Crippen LogP contribution in [-0.4, -0.2) is 60.0 Å². The number of rotatable bonds is 4. The van der Waals surface area contributed by atoms with E-state index in [0.29, 0.717) is 11.8 Å². The van der Waals surface area contributed by atoms with E-state index < -0.39 is 33.9 Å². The fourth-order valence-corrected chi connectivity index (χ4v) is 8.39. The maximum atomic E-state index is 13.9. The maximum Gasteiger partial charge on any atom is 0.434 e. The number of hydrogen-bond donors (Lipinski definition) is 3. The highest BCUT2D eigenvalue weighted by molar-refractivity contribution is 8.24. The molecule has 1 aliphatic heterocycles. The Bertz CT molecular complexity index is 933. The van der Waals surface area contributed by atoms with Gasteiger partial charge in [-0.3, -0.25) is 13.9 Å². The topological polar surface area (TPSA) is 98.6 Å². The summed E-state index contributed by atoms with van der Waals surface area (Å²) in [6, 6.07) is 0. The number of anilines is 1. The molecule has 0 radical (unpaired) electrons. The molecule has 11 heteroatoms. The number of alkyl halides is 3. The summed E-state index contributed by atoms with van der Waals surface area (Å²) in [4.78, 5) is 22.0. The van der Waals surface area contributed by atoms with E-state index in [1.807, 2.05) is 0 Å². The van der Waals surface area contributed by atoms with Gasteiger partial charge in [-0.05, 0) is 55.8 Å². The predicted octanol–water partition coefficient (Wildman–Crippen LogP) is 4.86. The van der Waals surface area contributed by atoms with Crippen molar-refractivity contribution in [3.63, 3.8) is 0 Å². The van der Waals surface area contributed by atoms with Crippen molar-refractivity contribution < 1.29 is 27.1 Å². The minimum absolute atomic E-state index is 0.0105. The van der Waals surface area contributed by atoms with Crippen LogP contribution in [0.1, 0.15) is 67.9 Å². The number of aromatic nitrogens is 2. The van der Waals surface area contributed by atoms with E-state index in [4.69, 9.17) is 0 Å². The third-order valence-corrected chi connectivity index (χ3v) is 9.93. The van der Waals surface area contributed by atoms with Crippen LogP contribution >= 0.6 is 10.6 Å². The normalized spacial score (nSPS) is 36.0. The van der Waals surface area contributed by atoms with Crippen LogP contribution in [0.25, 0.3) is 0 Å². The fraction of sp³-hybridized carbons (Fsp3) is 0.773. The molecule has 184 valence electrons. The lowest BCUT2D eigenvalue weighted by molar-refractivity contribution is -0.141. The van der Waals surface area contributed by atoms with E-state index in [0.717, 1.165) is 31.9 Å². The SMILES string of the molecule is CCC12CC3CC(C1)CC(Nc1ncc(C(=O)N4CCS(O)(O)CC4)c(C(F)(F)F)n1)(C3)C2. The average Bonchev–Trinajstić information content (AvgIpc) is 2.71. The minimum Gasteiger partial charge on any atom is -0.349 e. The molecule has 0 aromatic carbocycles. The first kappa shape index (κ1) is 23.2. The zero-order valence-electron chi connectivity index (χ0n) is 18.7. The van der Waals surface area contributed by atoms with Crippen LogP contribution in [0.4, 0.5) is 19.1 Å². The van der Waals surface area contributed by atoms with Crippen LogP contribution in [0, 0.1) is 17.3 Å². The van der Waals surface area contributed by atoms with E-state index in [9.17, 15) is 27.1 Å². The van der Waals surface area contributed by atoms with E-state index >= 15 is 0 Å². The van der Waals surface area contributed by atoms with Gasteiger partial charge in [0.15, 0.2) is 5.69 Å². The van der Waals surface area contributed by atoms with Gasteiger partial charge in [-0.1, -0.05) is 13.3 Å². The Morgan fingerprint density at radius 1 is 1.21 bits per heavy atom. The highest BCUT2D eigenvalue weighted by Gasteiger charge is 2.57. The molecule has 4 bridgehead atoms. The molecule has 2 atom stereocenters. The maximum absolute atomic E-state index is 13.9. The summed E-state index contributed by atoms with van der Waals surface area (Å²) in [6.45, 7) is 2.19. The third kappa shape index (κ3) is 4.32. The Morgan fingerprint density at radius 2 is 1.85 bits per heavy atom. The molecular formula is C22H31F3N4O3S. The van der Waals surface area contributed by atoms with Crippen LogP contribution in [0.15, 0.2) is 6.20 Å². The smallest absolute Gasteiger partial charge is 0.349 e. The summed E-state index contributed by atoms with van der Waals surface area (Å²) in [6.07, 6.45) is 3.62. The monoisotopic (exact) mass is 488 g/mol. The van der Waals surface area contributed by atoms with Crippen LogP contribution in [0.2, 0.25) is 0 Å². The molecular weight excluding hydrogens is 457 g/mol. The Hall–Kier alpha value is -1.59. The highest BCUT2D eigenvalue weighted by atomic mass is 32.3. The zero-order chi connectivity index (χ0) is 23.6. The molecule has 1 amide bonds. The Kier molecular flexibility index (Phi) is 5.41. The molecule has 33 heavy (non-hydrogen) atoms. The summed E-state index contributed by atoms with van der Waals surface area (Å²) in [7, 11) is -2.77. The molecule has 6 rings (SSSR count). The molecule has 0 spiro atoms. The van der Waals surface area contributed by atoms with E-state index in [1.54, 1.807) is 0 Å². The Morgan fingerprint density at radius 3 is 2.42 bits per heavy atom. The molecule has 4 aliphatic carbocycles. The summed E-state index contributed by atoms with van der Waals surface area (Å²) in [5.74, 6) is 0.208. The summed E-state index contributed by atoms with van der Waals surface area (Å²) in [5.41, 5.74) is -1.86. The van der Waals surface area contributed by atoms with Gasteiger partial charge in [-0.25, -0.2) is 9.97 Å². The van der Waals surface area contributed by atoms with Gasteiger partial charge in [0.1, 0.15) is 0 Å². The number of amides is 1.